The average molecular weight is 355 g/mol. The molecule has 1 aromatic rings. The highest BCUT2D eigenvalue weighted by Gasteiger charge is 2.21. The van der Waals surface area contributed by atoms with E-state index in [1.54, 1.807) is 5.56 Å². The van der Waals surface area contributed by atoms with Crippen LogP contribution in [0.2, 0.25) is 0 Å². The Kier molecular flexibility index (Phi) is 10.1. The average Bonchev–Trinajstić information content (AvgIpc) is 2.69. The van der Waals surface area contributed by atoms with Gasteiger partial charge >= 0.3 is 0 Å². The fourth-order valence-electron chi connectivity index (χ4n) is 4.81. The molecular weight excluding hydrogens is 312 g/mol. The van der Waals surface area contributed by atoms with Crippen LogP contribution in [-0.4, -0.2) is 0 Å². The number of aryl methyl sites for hydroxylation is 1. The Morgan fingerprint density at radius 3 is 2.15 bits per heavy atom. The number of hydrogen-bond donors (Lipinski definition) is 0. The van der Waals surface area contributed by atoms with Crippen molar-refractivity contribution in [3.05, 3.63) is 47.5 Å². The molecule has 1 fully saturated rings. The zero-order valence-electron chi connectivity index (χ0n) is 17.7. The van der Waals surface area contributed by atoms with Crippen LogP contribution in [0.25, 0.3) is 0 Å². The third-order valence-corrected chi connectivity index (χ3v) is 6.61. The van der Waals surface area contributed by atoms with Gasteiger partial charge in [-0.2, -0.15) is 0 Å². The number of benzene rings is 1. The third kappa shape index (κ3) is 7.29. The Hall–Kier alpha value is -1.04. The van der Waals surface area contributed by atoms with Crippen LogP contribution >= 0.6 is 0 Å². The molecule has 1 aliphatic carbocycles. The van der Waals surface area contributed by atoms with E-state index >= 15 is 0 Å². The Morgan fingerprint density at radius 1 is 0.923 bits per heavy atom. The molecule has 0 bridgehead atoms. The second kappa shape index (κ2) is 12.4. The molecule has 0 N–H and O–H groups in total. The molecule has 26 heavy (non-hydrogen) atoms. The predicted octanol–water partition coefficient (Wildman–Crippen LogP) is 8.47. The van der Waals surface area contributed by atoms with Crippen molar-refractivity contribution >= 4 is 0 Å². The summed E-state index contributed by atoms with van der Waals surface area (Å²) in [5.41, 5.74) is 3.05. The molecule has 0 aromatic heterocycles. The Morgan fingerprint density at radius 2 is 1.58 bits per heavy atom. The normalized spacial score (nSPS) is 22.0. The topological polar surface area (TPSA) is 0 Å². The summed E-state index contributed by atoms with van der Waals surface area (Å²) < 4.78 is 0. The van der Waals surface area contributed by atoms with Crippen molar-refractivity contribution in [1.82, 2.24) is 0 Å². The maximum Gasteiger partial charge on any atom is -0.0162 e. The highest BCUT2D eigenvalue weighted by atomic mass is 14.3. The van der Waals surface area contributed by atoms with Gasteiger partial charge in [0.2, 0.25) is 0 Å². The Bertz CT molecular complexity index is 487. The van der Waals surface area contributed by atoms with Crippen LogP contribution in [0.1, 0.15) is 108 Å². The molecule has 1 unspecified atom stereocenters. The van der Waals surface area contributed by atoms with Gasteiger partial charge in [0.25, 0.3) is 0 Å². The zero-order chi connectivity index (χ0) is 18.6. The second-order valence-electron chi connectivity index (χ2n) is 8.54. The van der Waals surface area contributed by atoms with Crippen LogP contribution in [0.5, 0.6) is 0 Å². The van der Waals surface area contributed by atoms with Crippen molar-refractivity contribution in [2.45, 2.75) is 104 Å². The minimum absolute atomic E-state index is 0.781. The van der Waals surface area contributed by atoms with Gasteiger partial charge in [0, 0.05) is 0 Å². The second-order valence-corrected chi connectivity index (χ2v) is 8.54. The lowest BCUT2D eigenvalue weighted by atomic mass is 9.77. The van der Waals surface area contributed by atoms with E-state index in [-0.39, 0.29) is 0 Å². The lowest BCUT2D eigenvalue weighted by Crippen LogP contribution is -2.14. The van der Waals surface area contributed by atoms with Crippen molar-refractivity contribution in [3.63, 3.8) is 0 Å². The van der Waals surface area contributed by atoms with Gasteiger partial charge in [0.1, 0.15) is 0 Å². The molecule has 0 saturated heterocycles. The molecule has 1 aromatic carbocycles. The van der Waals surface area contributed by atoms with Crippen LogP contribution in [0, 0.1) is 11.8 Å². The maximum absolute atomic E-state index is 2.40. The van der Waals surface area contributed by atoms with Crippen molar-refractivity contribution in [2.24, 2.45) is 11.8 Å². The summed E-state index contributed by atoms with van der Waals surface area (Å²) in [5.74, 6) is 2.80. The summed E-state index contributed by atoms with van der Waals surface area (Å²) in [7, 11) is 0. The van der Waals surface area contributed by atoms with E-state index in [2.05, 4.69) is 57.2 Å². The smallest absolute Gasteiger partial charge is 0.0162 e. The monoisotopic (exact) mass is 354 g/mol. The first kappa shape index (κ1) is 21.3. The SMILES string of the molecule is CC=CCCC1CCC(CCCC(CCC)c2ccc(CC)cc2)CC1. The van der Waals surface area contributed by atoms with Gasteiger partial charge in [0.05, 0.1) is 0 Å². The van der Waals surface area contributed by atoms with Crippen LogP contribution in [0.3, 0.4) is 0 Å². The summed E-state index contributed by atoms with van der Waals surface area (Å²) in [6, 6.07) is 9.48. The van der Waals surface area contributed by atoms with Crippen LogP contribution in [-0.2, 0) is 6.42 Å². The van der Waals surface area contributed by atoms with Gasteiger partial charge in [0.15, 0.2) is 0 Å². The Labute approximate surface area is 163 Å². The van der Waals surface area contributed by atoms with Crippen LogP contribution < -0.4 is 0 Å². The van der Waals surface area contributed by atoms with Crippen molar-refractivity contribution in [1.29, 1.82) is 0 Å². The first-order valence-corrected chi connectivity index (χ1v) is 11.5. The lowest BCUT2D eigenvalue weighted by Gasteiger charge is -2.29. The fraction of sp³-hybridized carbons (Fsp3) is 0.692. The molecule has 1 aliphatic rings. The number of hydrogen-bond acceptors (Lipinski definition) is 0. The fourth-order valence-corrected chi connectivity index (χ4v) is 4.81. The van der Waals surface area contributed by atoms with E-state index in [1.165, 1.54) is 76.2 Å². The quantitative estimate of drug-likeness (QED) is 0.349. The van der Waals surface area contributed by atoms with E-state index in [1.807, 2.05) is 0 Å². The molecule has 1 saturated carbocycles. The van der Waals surface area contributed by atoms with Gasteiger partial charge in [-0.15, -0.1) is 0 Å². The predicted molar refractivity (Wildman–Crippen MR) is 117 cm³/mol. The molecule has 1 atom stereocenters. The molecule has 146 valence electrons. The van der Waals surface area contributed by atoms with Gasteiger partial charge in [-0.25, -0.2) is 0 Å². The van der Waals surface area contributed by atoms with Crippen LogP contribution in [0.15, 0.2) is 36.4 Å². The van der Waals surface area contributed by atoms with Crippen molar-refractivity contribution < 1.29 is 0 Å². The van der Waals surface area contributed by atoms with E-state index in [0.717, 1.165) is 24.2 Å². The minimum atomic E-state index is 0.781. The molecule has 0 aliphatic heterocycles. The Balaban J connectivity index is 1.71. The summed E-state index contributed by atoms with van der Waals surface area (Å²) in [6.45, 7) is 6.72. The van der Waals surface area contributed by atoms with Gasteiger partial charge in [-0.3, -0.25) is 0 Å². The highest BCUT2D eigenvalue weighted by molar-refractivity contribution is 5.25. The number of rotatable bonds is 11. The van der Waals surface area contributed by atoms with Crippen molar-refractivity contribution in [2.75, 3.05) is 0 Å². The lowest BCUT2D eigenvalue weighted by molar-refractivity contribution is 0.248. The standard InChI is InChI=1S/C26H42/c1-4-7-8-11-23-14-16-24(17-15-23)12-9-13-25(10-5-2)26-20-18-22(6-3)19-21-26/h4,7,18-21,23-25H,5-6,8-17H2,1-3H3. The van der Waals surface area contributed by atoms with Gasteiger partial charge in [-0.05, 0) is 67.9 Å². The molecule has 0 nitrogen and oxygen atoms in total. The third-order valence-electron chi connectivity index (χ3n) is 6.61. The van der Waals surface area contributed by atoms with E-state index in [9.17, 15) is 0 Å². The zero-order valence-corrected chi connectivity index (χ0v) is 17.7. The molecular formula is C26H42. The van der Waals surface area contributed by atoms with Crippen LogP contribution in [0.4, 0.5) is 0 Å². The summed E-state index contributed by atoms with van der Waals surface area (Å²) in [4.78, 5) is 0. The molecule has 0 radical (unpaired) electrons. The highest BCUT2D eigenvalue weighted by Crippen LogP contribution is 2.35. The first-order valence-electron chi connectivity index (χ1n) is 11.5. The molecule has 2 rings (SSSR count). The minimum Gasteiger partial charge on any atom is -0.0917 e. The van der Waals surface area contributed by atoms with E-state index < -0.39 is 0 Å². The summed E-state index contributed by atoms with van der Waals surface area (Å²) in [6.07, 6.45) is 21.3. The van der Waals surface area contributed by atoms with E-state index in [4.69, 9.17) is 0 Å². The largest absolute Gasteiger partial charge is 0.0917 e. The molecule has 0 heteroatoms. The number of allylic oxidation sites excluding steroid dienone is 2. The van der Waals surface area contributed by atoms with Crippen molar-refractivity contribution in [3.8, 4) is 0 Å². The summed E-state index contributed by atoms with van der Waals surface area (Å²) in [5, 5.41) is 0. The molecule has 0 heterocycles. The summed E-state index contributed by atoms with van der Waals surface area (Å²) >= 11 is 0. The molecule has 0 spiro atoms. The van der Waals surface area contributed by atoms with Gasteiger partial charge < -0.3 is 0 Å². The maximum atomic E-state index is 2.40. The molecule has 0 amide bonds. The van der Waals surface area contributed by atoms with E-state index in [0.29, 0.717) is 0 Å². The van der Waals surface area contributed by atoms with Gasteiger partial charge in [-0.1, -0.05) is 95.2 Å². The first-order chi connectivity index (χ1) is 12.8.